The van der Waals surface area contributed by atoms with Crippen LogP contribution in [0.5, 0.6) is 0 Å². The van der Waals surface area contributed by atoms with E-state index < -0.39 is 10.0 Å². The summed E-state index contributed by atoms with van der Waals surface area (Å²) in [6, 6.07) is 11.9. The highest BCUT2D eigenvalue weighted by Gasteiger charge is 2.15. The first-order valence-electron chi connectivity index (χ1n) is 8.03. The molecule has 0 radical (unpaired) electrons. The maximum absolute atomic E-state index is 12.5. The highest BCUT2D eigenvalue weighted by atomic mass is 32.2. The lowest BCUT2D eigenvalue weighted by Crippen LogP contribution is -2.23. The Kier molecular flexibility index (Phi) is 4.48. The van der Waals surface area contributed by atoms with Crippen molar-refractivity contribution in [3.8, 4) is 11.4 Å². The molecule has 9 nitrogen and oxygen atoms in total. The maximum atomic E-state index is 12.5. The Morgan fingerprint density at radius 1 is 0.963 bits per heavy atom. The summed E-state index contributed by atoms with van der Waals surface area (Å²) in [4.78, 5) is 4.18. The molecule has 0 fully saturated rings. The molecule has 0 bridgehead atoms. The molecule has 3 aromatic heterocycles. The van der Waals surface area contributed by atoms with Gasteiger partial charge in [0.15, 0.2) is 0 Å². The van der Waals surface area contributed by atoms with Gasteiger partial charge in [0.2, 0.25) is 10.0 Å². The second-order valence-corrected chi connectivity index (χ2v) is 7.40. The molecule has 0 spiro atoms. The fraction of sp³-hybridized carbons (Fsp3) is 0.0588. The van der Waals surface area contributed by atoms with Crippen molar-refractivity contribution >= 4 is 10.0 Å². The SMILES string of the molecule is O=S(=O)(NCc1cn(-c2cccnc2)nn1)c1ccc(-n2cccn2)cc1. The van der Waals surface area contributed by atoms with Gasteiger partial charge < -0.3 is 0 Å². The molecule has 1 N–H and O–H groups in total. The lowest BCUT2D eigenvalue weighted by molar-refractivity contribution is 0.580. The monoisotopic (exact) mass is 381 g/mol. The molecular weight excluding hydrogens is 366 g/mol. The topological polar surface area (TPSA) is 108 Å². The lowest BCUT2D eigenvalue weighted by atomic mass is 10.3. The molecule has 0 saturated carbocycles. The van der Waals surface area contributed by atoms with Crippen LogP contribution in [0.2, 0.25) is 0 Å². The first-order chi connectivity index (χ1) is 13.1. The molecule has 0 amide bonds. The second kappa shape index (κ2) is 7.09. The van der Waals surface area contributed by atoms with Crippen LogP contribution >= 0.6 is 0 Å². The fourth-order valence-corrected chi connectivity index (χ4v) is 3.45. The van der Waals surface area contributed by atoms with Crippen molar-refractivity contribution in [2.75, 3.05) is 0 Å². The predicted octanol–water partition coefficient (Wildman–Crippen LogP) is 1.33. The summed E-state index contributed by atoms with van der Waals surface area (Å²) in [7, 11) is -3.67. The van der Waals surface area contributed by atoms with Gasteiger partial charge in [0.1, 0.15) is 0 Å². The van der Waals surface area contributed by atoms with E-state index in [9.17, 15) is 8.42 Å². The largest absolute Gasteiger partial charge is 0.262 e. The van der Waals surface area contributed by atoms with Gasteiger partial charge in [0, 0.05) is 18.6 Å². The van der Waals surface area contributed by atoms with Gasteiger partial charge >= 0.3 is 0 Å². The molecule has 0 aliphatic heterocycles. The van der Waals surface area contributed by atoms with Crippen LogP contribution in [0, 0.1) is 0 Å². The Morgan fingerprint density at radius 2 is 1.81 bits per heavy atom. The molecule has 0 saturated heterocycles. The summed E-state index contributed by atoms with van der Waals surface area (Å²) in [6.45, 7) is 0.0313. The second-order valence-electron chi connectivity index (χ2n) is 5.63. The van der Waals surface area contributed by atoms with Gasteiger partial charge in [-0.1, -0.05) is 5.21 Å². The van der Waals surface area contributed by atoms with E-state index in [-0.39, 0.29) is 11.4 Å². The first-order valence-corrected chi connectivity index (χ1v) is 9.51. The van der Waals surface area contributed by atoms with Crippen LogP contribution < -0.4 is 4.72 Å². The zero-order chi connectivity index (χ0) is 18.7. The summed E-state index contributed by atoms with van der Waals surface area (Å²) in [5.74, 6) is 0. The van der Waals surface area contributed by atoms with Crippen LogP contribution in [0.4, 0.5) is 0 Å². The Labute approximate surface area is 155 Å². The first kappa shape index (κ1) is 17.1. The molecule has 27 heavy (non-hydrogen) atoms. The van der Waals surface area contributed by atoms with Crippen molar-refractivity contribution in [3.05, 3.63) is 79.1 Å². The third-order valence-electron chi connectivity index (χ3n) is 3.81. The Balaban J connectivity index is 1.45. The van der Waals surface area contributed by atoms with Crippen molar-refractivity contribution in [1.82, 2.24) is 34.5 Å². The highest BCUT2D eigenvalue weighted by molar-refractivity contribution is 7.89. The lowest BCUT2D eigenvalue weighted by Gasteiger charge is -2.06. The highest BCUT2D eigenvalue weighted by Crippen LogP contribution is 2.13. The van der Waals surface area contributed by atoms with Crippen LogP contribution in [0.1, 0.15) is 5.69 Å². The average molecular weight is 381 g/mol. The van der Waals surface area contributed by atoms with E-state index >= 15 is 0 Å². The molecule has 4 aromatic rings. The minimum atomic E-state index is -3.67. The number of hydrogen-bond donors (Lipinski definition) is 1. The van der Waals surface area contributed by atoms with Crippen LogP contribution in [0.25, 0.3) is 11.4 Å². The summed E-state index contributed by atoms with van der Waals surface area (Å²) in [5.41, 5.74) is 2.02. The van der Waals surface area contributed by atoms with Crippen molar-refractivity contribution in [3.63, 3.8) is 0 Å². The molecule has 0 unspecified atom stereocenters. The Morgan fingerprint density at radius 3 is 2.52 bits per heavy atom. The molecule has 0 aliphatic carbocycles. The van der Waals surface area contributed by atoms with Gasteiger partial charge in [0.25, 0.3) is 0 Å². The third-order valence-corrected chi connectivity index (χ3v) is 5.23. The van der Waals surface area contributed by atoms with E-state index in [1.165, 1.54) is 16.8 Å². The normalized spacial score (nSPS) is 11.6. The van der Waals surface area contributed by atoms with E-state index in [1.54, 1.807) is 59.9 Å². The minimum absolute atomic E-state index is 0.0313. The Hall–Kier alpha value is -3.37. The fourth-order valence-electron chi connectivity index (χ4n) is 2.45. The number of aromatic nitrogens is 6. The van der Waals surface area contributed by atoms with Gasteiger partial charge in [-0.15, -0.1) is 5.10 Å². The minimum Gasteiger partial charge on any atom is -0.262 e. The molecule has 10 heteroatoms. The van der Waals surface area contributed by atoms with Crippen molar-refractivity contribution in [2.24, 2.45) is 0 Å². The van der Waals surface area contributed by atoms with Crippen LogP contribution in [0.15, 0.2) is 78.3 Å². The predicted molar refractivity (Wildman–Crippen MR) is 96.7 cm³/mol. The van der Waals surface area contributed by atoms with E-state index in [0.29, 0.717) is 5.69 Å². The molecule has 136 valence electrons. The van der Waals surface area contributed by atoms with Gasteiger partial charge in [0.05, 0.1) is 40.9 Å². The summed E-state index contributed by atoms with van der Waals surface area (Å²) < 4.78 is 30.7. The van der Waals surface area contributed by atoms with Crippen molar-refractivity contribution in [2.45, 2.75) is 11.4 Å². The zero-order valence-corrected chi connectivity index (χ0v) is 14.9. The number of nitrogens with one attached hydrogen (secondary N) is 1. The quantitative estimate of drug-likeness (QED) is 0.540. The summed E-state index contributed by atoms with van der Waals surface area (Å²) in [6.07, 6.45) is 8.40. The number of hydrogen-bond acceptors (Lipinski definition) is 6. The van der Waals surface area contributed by atoms with E-state index in [1.807, 2.05) is 6.07 Å². The van der Waals surface area contributed by atoms with E-state index in [4.69, 9.17) is 0 Å². The van der Waals surface area contributed by atoms with Crippen LogP contribution in [0.3, 0.4) is 0 Å². The van der Waals surface area contributed by atoms with E-state index in [0.717, 1.165) is 11.4 Å². The van der Waals surface area contributed by atoms with Crippen molar-refractivity contribution in [1.29, 1.82) is 0 Å². The molecule has 4 rings (SSSR count). The maximum Gasteiger partial charge on any atom is 0.240 e. The summed E-state index contributed by atoms with van der Waals surface area (Å²) >= 11 is 0. The zero-order valence-electron chi connectivity index (χ0n) is 14.0. The molecule has 3 heterocycles. The molecule has 1 aromatic carbocycles. The van der Waals surface area contributed by atoms with Crippen LogP contribution in [-0.2, 0) is 16.6 Å². The average Bonchev–Trinajstić information content (AvgIpc) is 3.40. The van der Waals surface area contributed by atoms with Gasteiger partial charge in [-0.05, 0) is 42.5 Å². The smallest absolute Gasteiger partial charge is 0.240 e. The van der Waals surface area contributed by atoms with Gasteiger partial charge in [-0.3, -0.25) is 4.98 Å². The molecular formula is C17H15N7O2S. The number of rotatable bonds is 6. The number of nitrogens with zero attached hydrogens (tertiary/aromatic N) is 6. The molecule has 0 aliphatic rings. The number of benzene rings is 1. The molecule has 0 atom stereocenters. The third kappa shape index (κ3) is 3.76. The van der Waals surface area contributed by atoms with Crippen LogP contribution in [-0.4, -0.2) is 38.2 Å². The van der Waals surface area contributed by atoms with Gasteiger partial charge in [-0.2, -0.15) is 5.10 Å². The number of pyridine rings is 1. The summed E-state index contributed by atoms with van der Waals surface area (Å²) in [5, 5.41) is 12.1. The van der Waals surface area contributed by atoms with Gasteiger partial charge in [-0.25, -0.2) is 22.5 Å². The van der Waals surface area contributed by atoms with Crippen molar-refractivity contribution < 1.29 is 8.42 Å². The Bertz CT molecular complexity index is 1120. The standard InChI is InChI=1S/C17H15N7O2S/c25-27(26,17-6-4-15(5-7-17)23-10-2-9-19-23)20-11-14-13-24(22-21-14)16-3-1-8-18-12-16/h1-10,12-13,20H,11H2. The van der Waals surface area contributed by atoms with E-state index in [2.05, 4.69) is 25.1 Å². The number of sulfonamides is 1.